The van der Waals surface area contributed by atoms with E-state index in [1.807, 2.05) is 41.8 Å². The maximum atomic E-state index is 12.1. The van der Waals surface area contributed by atoms with Crippen molar-refractivity contribution < 1.29 is 4.79 Å². The summed E-state index contributed by atoms with van der Waals surface area (Å²) in [5.74, 6) is 0.836. The van der Waals surface area contributed by atoms with Gasteiger partial charge in [0.15, 0.2) is 5.16 Å². The number of rotatable bonds is 6. The number of carbonyl (C=O) groups is 1. The van der Waals surface area contributed by atoms with Crippen LogP contribution in [0.4, 0.5) is 5.00 Å². The summed E-state index contributed by atoms with van der Waals surface area (Å²) >= 11 is 2.67. The number of amides is 1. The van der Waals surface area contributed by atoms with Gasteiger partial charge in [-0.3, -0.25) is 4.79 Å². The second-order valence-corrected chi connectivity index (χ2v) is 7.07. The van der Waals surface area contributed by atoms with E-state index in [1.165, 1.54) is 23.1 Å². The first-order valence-electron chi connectivity index (χ1n) is 7.51. The minimum Gasteiger partial charge on any atom is -0.316 e. The number of nitriles is 1. The molecule has 0 aliphatic heterocycles. The van der Waals surface area contributed by atoms with Gasteiger partial charge in [0.1, 0.15) is 16.9 Å². The molecule has 3 aromatic rings. The second-order valence-electron chi connectivity index (χ2n) is 5.21. The molecule has 25 heavy (non-hydrogen) atoms. The zero-order valence-electron chi connectivity index (χ0n) is 13.5. The SMILES string of the molecule is Cc1nnc(SCC(=O)Nc2sccc2C#N)n1Cc1ccccc1. The zero-order chi connectivity index (χ0) is 17.6. The van der Waals surface area contributed by atoms with Gasteiger partial charge in [-0.15, -0.1) is 21.5 Å². The van der Waals surface area contributed by atoms with E-state index < -0.39 is 0 Å². The van der Waals surface area contributed by atoms with Crippen LogP contribution in [0.5, 0.6) is 0 Å². The molecule has 1 amide bonds. The van der Waals surface area contributed by atoms with Gasteiger partial charge in [0.25, 0.3) is 0 Å². The molecule has 126 valence electrons. The number of nitrogens with zero attached hydrogens (tertiary/aromatic N) is 4. The number of benzene rings is 1. The van der Waals surface area contributed by atoms with Crippen molar-refractivity contribution in [3.8, 4) is 6.07 Å². The highest BCUT2D eigenvalue weighted by Crippen LogP contribution is 2.23. The molecule has 6 nitrogen and oxygen atoms in total. The summed E-state index contributed by atoms with van der Waals surface area (Å²) in [6, 6.07) is 13.8. The Morgan fingerprint density at radius 1 is 1.32 bits per heavy atom. The van der Waals surface area contributed by atoms with Gasteiger partial charge in [-0.25, -0.2) is 0 Å². The summed E-state index contributed by atoms with van der Waals surface area (Å²) in [5.41, 5.74) is 1.63. The van der Waals surface area contributed by atoms with Gasteiger partial charge in [0, 0.05) is 0 Å². The maximum Gasteiger partial charge on any atom is 0.235 e. The van der Waals surface area contributed by atoms with Crippen LogP contribution in [-0.2, 0) is 11.3 Å². The molecule has 0 atom stereocenters. The first kappa shape index (κ1) is 17.2. The molecule has 0 bridgehead atoms. The minimum absolute atomic E-state index is 0.170. The molecule has 2 heterocycles. The van der Waals surface area contributed by atoms with E-state index in [4.69, 9.17) is 5.26 Å². The van der Waals surface area contributed by atoms with Gasteiger partial charge >= 0.3 is 0 Å². The van der Waals surface area contributed by atoms with Crippen LogP contribution in [0, 0.1) is 18.3 Å². The Kier molecular flexibility index (Phi) is 5.48. The smallest absolute Gasteiger partial charge is 0.235 e. The molecule has 0 saturated heterocycles. The number of aromatic nitrogens is 3. The fraction of sp³-hybridized carbons (Fsp3) is 0.176. The lowest BCUT2D eigenvalue weighted by Gasteiger charge is -2.08. The number of aryl methyl sites for hydroxylation is 1. The van der Waals surface area contributed by atoms with Gasteiger partial charge in [0.05, 0.1) is 17.9 Å². The van der Waals surface area contributed by atoms with Gasteiger partial charge in [-0.05, 0) is 23.9 Å². The summed E-state index contributed by atoms with van der Waals surface area (Å²) in [7, 11) is 0. The van der Waals surface area contributed by atoms with E-state index in [1.54, 1.807) is 11.4 Å². The van der Waals surface area contributed by atoms with Crippen molar-refractivity contribution in [2.75, 3.05) is 11.1 Å². The fourth-order valence-corrected chi connectivity index (χ4v) is 3.74. The summed E-state index contributed by atoms with van der Waals surface area (Å²) in [6.07, 6.45) is 0. The van der Waals surface area contributed by atoms with Crippen molar-refractivity contribution in [3.63, 3.8) is 0 Å². The van der Waals surface area contributed by atoms with E-state index in [0.29, 0.717) is 22.3 Å². The molecule has 1 N–H and O–H groups in total. The Morgan fingerprint density at radius 2 is 2.12 bits per heavy atom. The van der Waals surface area contributed by atoms with Crippen LogP contribution in [0.2, 0.25) is 0 Å². The minimum atomic E-state index is -0.170. The largest absolute Gasteiger partial charge is 0.316 e. The Labute approximate surface area is 153 Å². The molecule has 0 aliphatic carbocycles. The average Bonchev–Trinajstić information content (AvgIpc) is 3.21. The summed E-state index contributed by atoms with van der Waals surface area (Å²) < 4.78 is 1.99. The van der Waals surface area contributed by atoms with Crippen molar-refractivity contribution >= 4 is 34.0 Å². The lowest BCUT2D eigenvalue weighted by Crippen LogP contribution is -2.14. The van der Waals surface area contributed by atoms with Gasteiger partial charge < -0.3 is 9.88 Å². The molecule has 0 unspecified atom stereocenters. The first-order valence-corrected chi connectivity index (χ1v) is 9.38. The van der Waals surface area contributed by atoms with E-state index in [-0.39, 0.29) is 11.7 Å². The summed E-state index contributed by atoms with van der Waals surface area (Å²) in [5, 5.41) is 23.1. The number of carbonyl (C=O) groups excluding carboxylic acids is 1. The summed E-state index contributed by atoms with van der Waals surface area (Å²) in [4.78, 5) is 12.1. The van der Waals surface area contributed by atoms with Crippen molar-refractivity contribution in [2.45, 2.75) is 18.6 Å². The Hall–Kier alpha value is -2.63. The molecular formula is C17H15N5OS2. The number of nitrogens with one attached hydrogen (secondary N) is 1. The number of thioether (sulfide) groups is 1. The molecule has 8 heteroatoms. The van der Waals surface area contributed by atoms with E-state index >= 15 is 0 Å². The second kappa shape index (κ2) is 7.96. The molecule has 1 aromatic carbocycles. The molecule has 2 aromatic heterocycles. The maximum absolute atomic E-state index is 12.1. The van der Waals surface area contributed by atoms with Crippen LogP contribution in [0.3, 0.4) is 0 Å². The predicted molar refractivity (Wildman–Crippen MR) is 98.7 cm³/mol. The molecular weight excluding hydrogens is 354 g/mol. The molecule has 0 saturated carbocycles. The molecule has 0 spiro atoms. The number of anilines is 1. The van der Waals surface area contributed by atoms with Crippen LogP contribution in [-0.4, -0.2) is 26.4 Å². The standard InChI is InChI=1S/C17H15N5OS2/c1-12-20-21-17(22(12)10-13-5-3-2-4-6-13)25-11-15(23)19-16-14(9-18)7-8-24-16/h2-8H,10-11H2,1H3,(H,19,23). The quantitative estimate of drug-likeness (QED) is 0.674. The normalized spacial score (nSPS) is 10.4. The summed E-state index contributed by atoms with van der Waals surface area (Å²) in [6.45, 7) is 2.55. The Morgan fingerprint density at radius 3 is 2.88 bits per heavy atom. The van der Waals surface area contributed by atoms with E-state index in [2.05, 4.69) is 21.6 Å². The van der Waals surface area contributed by atoms with Crippen LogP contribution >= 0.6 is 23.1 Å². The highest BCUT2D eigenvalue weighted by molar-refractivity contribution is 7.99. The highest BCUT2D eigenvalue weighted by atomic mass is 32.2. The lowest BCUT2D eigenvalue weighted by molar-refractivity contribution is -0.113. The number of hydrogen-bond acceptors (Lipinski definition) is 6. The van der Waals surface area contributed by atoms with Crippen molar-refractivity contribution in [1.82, 2.24) is 14.8 Å². The first-order chi connectivity index (χ1) is 12.2. The number of hydrogen-bond donors (Lipinski definition) is 1. The van der Waals surface area contributed by atoms with Crippen molar-refractivity contribution in [3.05, 3.63) is 58.7 Å². The monoisotopic (exact) mass is 369 g/mol. The average molecular weight is 369 g/mol. The third kappa shape index (κ3) is 4.26. The predicted octanol–water partition coefficient (Wildman–Crippen LogP) is 3.30. The highest BCUT2D eigenvalue weighted by Gasteiger charge is 2.13. The van der Waals surface area contributed by atoms with Gasteiger partial charge in [-0.1, -0.05) is 42.1 Å². The molecule has 0 aliphatic rings. The third-order valence-electron chi connectivity index (χ3n) is 3.46. The van der Waals surface area contributed by atoms with Crippen molar-refractivity contribution in [2.24, 2.45) is 0 Å². The topological polar surface area (TPSA) is 83.6 Å². The Balaban J connectivity index is 1.64. The lowest BCUT2D eigenvalue weighted by atomic mass is 10.2. The van der Waals surface area contributed by atoms with E-state index in [0.717, 1.165) is 11.4 Å². The zero-order valence-corrected chi connectivity index (χ0v) is 15.1. The van der Waals surface area contributed by atoms with Crippen LogP contribution in [0.25, 0.3) is 0 Å². The van der Waals surface area contributed by atoms with Gasteiger partial charge in [0.2, 0.25) is 5.91 Å². The molecule has 0 radical (unpaired) electrons. The van der Waals surface area contributed by atoms with Crippen LogP contribution < -0.4 is 5.32 Å². The van der Waals surface area contributed by atoms with Crippen molar-refractivity contribution in [1.29, 1.82) is 5.26 Å². The number of thiophene rings is 1. The Bertz CT molecular complexity index is 911. The van der Waals surface area contributed by atoms with Gasteiger partial charge in [-0.2, -0.15) is 5.26 Å². The molecule has 3 rings (SSSR count). The van der Waals surface area contributed by atoms with Crippen LogP contribution in [0.15, 0.2) is 46.9 Å². The third-order valence-corrected chi connectivity index (χ3v) is 5.25. The van der Waals surface area contributed by atoms with E-state index in [9.17, 15) is 4.79 Å². The van der Waals surface area contributed by atoms with Crippen LogP contribution in [0.1, 0.15) is 17.0 Å². The fourth-order valence-electron chi connectivity index (χ4n) is 2.20. The molecule has 0 fully saturated rings.